The monoisotopic (exact) mass is 398 g/mol. The fraction of sp³-hybridized carbons (Fsp3) is 0.391. The van der Waals surface area contributed by atoms with Gasteiger partial charge in [-0.25, -0.2) is 9.37 Å². The van der Waals surface area contributed by atoms with E-state index in [9.17, 15) is 14.3 Å². The number of benzene rings is 1. The van der Waals surface area contributed by atoms with Gasteiger partial charge in [0.25, 0.3) is 0 Å². The van der Waals surface area contributed by atoms with Crippen molar-refractivity contribution < 1.29 is 19.0 Å². The van der Waals surface area contributed by atoms with Gasteiger partial charge in [-0.05, 0) is 37.5 Å². The molecule has 2 heterocycles. The number of aromatic nitrogens is 2. The van der Waals surface area contributed by atoms with Crippen LogP contribution in [0.4, 0.5) is 4.39 Å². The van der Waals surface area contributed by atoms with Gasteiger partial charge in [0.15, 0.2) is 17.2 Å². The van der Waals surface area contributed by atoms with Gasteiger partial charge in [-0.15, -0.1) is 0 Å². The number of aliphatic hydroxyl groups is 1. The standard InChI is InChI=1S/C23H27FN2O3/c1-3-4-8-17(14-27)13-20(28)22-16(2)25-23-21(11-7-12-26(22)23)29-15-18-9-5-6-10-19(18)24/h5-7,9-12,17,27H,3-4,8,13-15H2,1-2H3/t17-/m0/s1. The Morgan fingerprint density at radius 1 is 1.28 bits per heavy atom. The van der Waals surface area contributed by atoms with Crippen molar-refractivity contribution >= 4 is 11.4 Å². The Balaban J connectivity index is 1.83. The fourth-order valence-corrected chi connectivity index (χ4v) is 3.49. The summed E-state index contributed by atoms with van der Waals surface area (Å²) in [6.45, 7) is 3.96. The number of ketones is 1. The molecule has 3 rings (SSSR count). The molecule has 0 saturated heterocycles. The molecule has 6 heteroatoms. The van der Waals surface area contributed by atoms with Crippen LogP contribution in [0.5, 0.6) is 5.75 Å². The summed E-state index contributed by atoms with van der Waals surface area (Å²) in [6.07, 6.45) is 4.90. The minimum Gasteiger partial charge on any atom is -0.485 e. The summed E-state index contributed by atoms with van der Waals surface area (Å²) in [6, 6.07) is 10.00. The van der Waals surface area contributed by atoms with Crippen molar-refractivity contribution in [1.29, 1.82) is 0 Å². The zero-order valence-corrected chi connectivity index (χ0v) is 16.9. The summed E-state index contributed by atoms with van der Waals surface area (Å²) in [4.78, 5) is 17.5. The van der Waals surface area contributed by atoms with E-state index in [0.717, 1.165) is 19.3 Å². The van der Waals surface area contributed by atoms with Crippen molar-refractivity contribution in [2.24, 2.45) is 5.92 Å². The first-order valence-corrected chi connectivity index (χ1v) is 10.0. The molecule has 0 saturated carbocycles. The number of Topliss-reactive ketones (excluding diaryl/α,β-unsaturated/α-hetero) is 1. The van der Waals surface area contributed by atoms with E-state index in [1.807, 2.05) is 0 Å². The van der Waals surface area contributed by atoms with Crippen LogP contribution < -0.4 is 4.74 Å². The van der Waals surface area contributed by atoms with Gasteiger partial charge < -0.3 is 9.84 Å². The van der Waals surface area contributed by atoms with Gasteiger partial charge in [0.1, 0.15) is 18.1 Å². The van der Waals surface area contributed by atoms with Crippen LogP contribution in [0.1, 0.15) is 54.4 Å². The number of carbonyl (C=O) groups is 1. The summed E-state index contributed by atoms with van der Waals surface area (Å²) in [5.41, 5.74) is 2.10. The highest BCUT2D eigenvalue weighted by Gasteiger charge is 2.22. The molecular weight excluding hydrogens is 371 g/mol. The van der Waals surface area contributed by atoms with Gasteiger partial charge >= 0.3 is 0 Å². The Morgan fingerprint density at radius 3 is 2.79 bits per heavy atom. The van der Waals surface area contributed by atoms with Crippen LogP contribution in [0, 0.1) is 18.7 Å². The van der Waals surface area contributed by atoms with Crippen LogP contribution in [0.2, 0.25) is 0 Å². The van der Waals surface area contributed by atoms with E-state index in [0.29, 0.717) is 28.3 Å². The first-order chi connectivity index (χ1) is 14.0. The molecule has 0 bridgehead atoms. The number of hydrogen-bond acceptors (Lipinski definition) is 4. The second-order valence-electron chi connectivity index (χ2n) is 7.31. The zero-order valence-electron chi connectivity index (χ0n) is 16.9. The molecule has 0 radical (unpaired) electrons. The Labute approximate surface area is 170 Å². The maximum Gasteiger partial charge on any atom is 0.181 e. The van der Waals surface area contributed by atoms with Crippen molar-refractivity contribution in [2.75, 3.05) is 6.61 Å². The van der Waals surface area contributed by atoms with E-state index in [2.05, 4.69) is 11.9 Å². The third-order valence-corrected chi connectivity index (χ3v) is 5.09. The van der Waals surface area contributed by atoms with Crippen LogP contribution in [0.15, 0.2) is 42.6 Å². The lowest BCUT2D eigenvalue weighted by molar-refractivity contribution is 0.0923. The van der Waals surface area contributed by atoms with Crippen molar-refractivity contribution in [3.05, 3.63) is 65.4 Å². The molecule has 29 heavy (non-hydrogen) atoms. The Morgan fingerprint density at radius 2 is 2.07 bits per heavy atom. The number of aliphatic hydroxyl groups excluding tert-OH is 1. The number of imidazole rings is 1. The number of aryl methyl sites for hydroxylation is 1. The number of hydrogen-bond donors (Lipinski definition) is 1. The summed E-state index contributed by atoms with van der Waals surface area (Å²) >= 11 is 0. The Hall–Kier alpha value is -2.73. The third-order valence-electron chi connectivity index (χ3n) is 5.09. The molecule has 0 aliphatic carbocycles. The first-order valence-electron chi connectivity index (χ1n) is 10.0. The number of carbonyl (C=O) groups excluding carboxylic acids is 1. The fourth-order valence-electron chi connectivity index (χ4n) is 3.49. The summed E-state index contributed by atoms with van der Waals surface area (Å²) in [5.74, 6) is 0.0730. The van der Waals surface area contributed by atoms with Crippen molar-refractivity contribution in [2.45, 2.75) is 46.1 Å². The Kier molecular flexibility index (Phi) is 6.99. The average molecular weight is 398 g/mol. The van der Waals surface area contributed by atoms with Crippen LogP contribution in [-0.2, 0) is 6.61 Å². The highest BCUT2D eigenvalue weighted by molar-refractivity contribution is 5.96. The van der Waals surface area contributed by atoms with Gasteiger partial charge in [0.05, 0.1) is 5.69 Å². The van der Waals surface area contributed by atoms with Crippen molar-refractivity contribution in [3.63, 3.8) is 0 Å². The summed E-state index contributed by atoms with van der Waals surface area (Å²) < 4.78 is 21.4. The molecule has 0 fully saturated rings. The molecular formula is C23H27FN2O3. The van der Waals surface area contributed by atoms with Crippen molar-refractivity contribution in [1.82, 2.24) is 9.38 Å². The van der Waals surface area contributed by atoms with E-state index < -0.39 is 0 Å². The second-order valence-corrected chi connectivity index (χ2v) is 7.31. The average Bonchev–Trinajstić information content (AvgIpc) is 3.06. The van der Waals surface area contributed by atoms with Crippen LogP contribution in [0.25, 0.3) is 5.65 Å². The molecule has 0 unspecified atom stereocenters. The lowest BCUT2D eigenvalue weighted by atomic mass is 9.95. The van der Waals surface area contributed by atoms with Gasteiger partial charge in [0, 0.05) is 24.8 Å². The molecule has 0 spiro atoms. The minimum absolute atomic E-state index is 0.00146. The molecule has 3 aromatic rings. The quantitative estimate of drug-likeness (QED) is 0.502. The molecule has 5 nitrogen and oxygen atoms in total. The highest BCUT2D eigenvalue weighted by Crippen LogP contribution is 2.25. The van der Waals surface area contributed by atoms with Crippen molar-refractivity contribution in [3.8, 4) is 5.75 Å². The number of nitrogens with zero attached hydrogens (tertiary/aromatic N) is 2. The summed E-state index contributed by atoms with van der Waals surface area (Å²) in [5, 5.41) is 9.60. The summed E-state index contributed by atoms with van der Waals surface area (Å²) in [7, 11) is 0. The lowest BCUT2D eigenvalue weighted by Gasteiger charge is -2.13. The number of pyridine rings is 1. The molecule has 1 aromatic carbocycles. The molecule has 0 aliphatic rings. The third kappa shape index (κ3) is 4.82. The molecule has 154 valence electrons. The smallest absolute Gasteiger partial charge is 0.181 e. The van der Waals surface area contributed by atoms with E-state index in [1.54, 1.807) is 47.9 Å². The first kappa shape index (κ1) is 21.0. The van der Waals surface area contributed by atoms with Gasteiger partial charge in [0.2, 0.25) is 0 Å². The molecule has 1 N–H and O–H groups in total. The normalized spacial score (nSPS) is 12.3. The lowest BCUT2D eigenvalue weighted by Crippen LogP contribution is -2.15. The Bertz CT molecular complexity index is 983. The SMILES string of the molecule is CCCC[C@H](CO)CC(=O)c1c(C)nc2c(OCc3ccccc3F)cccn12. The predicted octanol–water partition coefficient (Wildman–Crippen LogP) is 4.73. The number of halogens is 1. The maximum absolute atomic E-state index is 13.9. The number of unbranched alkanes of at least 4 members (excludes halogenated alkanes) is 1. The number of ether oxygens (including phenoxy) is 1. The van der Waals surface area contributed by atoms with E-state index in [1.165, 1.54) is 6.07 Å². The molecule has 0 aliphatic heterocycles. The maximum atomic E-state index is 13.9. The van der Waals surface area contributed by atoms with E-state index in [4.69, 9.17) is 4.74 Å². The number of rotatable bonds is 10. The van der Waals surface area contributed by atoms with Crippen LogP contribution >= 0.6 is 0 Å². The topological polar surface area (TPSA) is 63.8 Å². The van der Waals surface area contributed by atoms with Gasteiger partial charge in [-0.3, -0.25) is 9.20 Å². The second kappa shape index (κ2) is 9.65. The largest absolute Gasteiger partial charge is 0.485 e. The van der Waals surface area contributed by atoms with E-state index in [-0.39, 0.29) is 37.2 Å². The highest BCUT2D eigenvalue weighted by atomic mass is 19.1. The zero-order chi connectivity index (χ0) is 20.8. The van der Waals surface area contributed by atoms with Crippen LogP contribution in [0.3, 0.4) is 0 Å². The number of fused-ring (bicyclic) bond motifs is 1. The van der Waals surface area contributed by atoms with Gasteiger partial charge in [-0.2, -0.15) is 0 Å². The minimum atomic E-state index is -0.322. The molecule has 2 aromatic heterocycles. The molecule has 1 atom stereocenters. The van der Waals surface area contributed by atoms with Crippen LogP contribution in [-0.4, -0.2) is 26.9 Å². The van der Waals surface area contributed by atoms with Gasteiger partial charge in [-0.1, -0.05) is 38.0 Å². The predicted molar refractivity (Wildman–Crippen MR) is 110 cm³/mol. The molecule has 0 amide bonds. The van der Waals surface area contributed by atoms with E-state index >= 15 is 0 Å².